The standard InChI is InChI=1S/C17H25N3O2/c1-11(22)6-13-8-17-14(7-16(13)18)9-20(19-17)15-4-2-12(10-21)3-5-15/h7-9,11-12,15,21-22H,2-6,10,18H2,1H3. The maximum atomic E-state index is 9.56. The van der Waals surface area contributed by atoms with Gasteiger partial charge in [-0.1, -0.05) is 0 Å². The number of anilines is 1. The summed E-state index contributed by atoms with van der Waals surface area (Å²) in [5, 5.41) is 24.6. The number of aliphatic hydroxyl groups is 2. The van der Waals surface area contributed by atoms with Crippen LogP contribution in [0.3, 0.4) is 0 Å². The summed E-state index contributed by atoms with van der Waals surface area (Å²) in [6.07, 6.45) is 6.47. The van der Waals surface area contributed by atoms with Gasteiger partial charge in [-0.2, -0.15) is 5.10 Å². The number of aromatic nitrogens is 2. The third-order valence-corrected chi connectivity index (χ3v) is 4.75. The highest BCUT2D eigenvalue weighted by Gasteiger charge is 2.22. The molecular formula is C17H25N3O2. The van der Waals surface area contributed by atoms with Crippen LogP contribution in [0.1, 0.15) is 44.2 Å². The number of rotatable bonds is 4. The van der Waals surface area contributed by atoms with E-state index in [4.69, 9.17) is 10.8 Å². The fraction of sp³-hybridized carbons (Fsp3) is 0.588. The van der Waals surface area contributed by atoms with Crippen molar-refractivity contribution >= 4 is 16.6 Å². The van der Waals surface area contributed by atoms with E-state index in [1.165, 1.54) is 0 Å². The number of nitrogens with zero attached hydrogens (tertiary/aromatic N) is 2. The Kier molecular flexibility index (Phi) is 4.36. The molecule has 1 unspecified atom stereocenters. The first-order valence-electron chi connectivity index (χ1n) is 8.13. The molecule has 3 rings (SSSR count). The van der Waals surface area contributed by atoms with Crippen LogP contribution in [0.5, 0.6) is 0 Å². The fourth-order valence-corrected chi connectivity index (χ4v) is 3.43. The largest absolute Gasteiger partial charge is 0.398 e. The van der Waals surface area contributed by atoms with Crippen molar-refractivity contribution in [2.45, 2.75) is 51.2 Å². The summed E-state index contributed by atoms with van der Waals surface area (Å²) < 4.78 is 2.06. The minimum atomic E-state index is -0.407. The molecule has 1 aliphatic carbocycles. The van der Waals surface area contributed by atoms with Gasteiger partial charge in [-0.3, -0.25) is 4.68 Å². The molecule has 0 saturated heterocycles. The number of benzene rings is 1. The van der Waals surface area contributed by atoms with E-state index in [-0.39, 0.29) is 0 Å². The van der Waals surface area contributed by atoms with E-state index in [9.17, 15) is 10.2 Å². The zero-order valence-electron chi connectivity index (χ0n) is 13.1. The van der Waals surface area contributed by atoms with Crippen molar-refractivity contribution in [1.29, 1.82) is 0 Å². The SMILES string of the molecule is CC(O)Cc1cc2nn(C3CCC(CO)CC3)cc2cc1N. The lowest BCUT2D eigenvalue weighted by Gasteiger charge is -2.27. The Morgan fingerprint density at radius 3 is 2.68 bits per heavy atom. The zero-order chi connectivity index (χ0) is 15.7. The summed E-state index contributed by atoms with van der Waals surface area (Å²) in [5.41, 5.74) is 8.70. The normalized spacial score (nSPS) is 23.8. The molecule has 0 aliphatic heterocycles. The summed E-state index contributed by atoms with van der Waals surface area (Å²) in [7, 11) is 0. The van der Waals surface area contributed by atoms with E-state index in [0.717, 1.165) is 47.8 Å². The summed E-state index contributed by atoms with van der Waals surface area (Å²) in [5.74, 6) is 0.453. The molecule has 120 valence electrons. The van der Waals surface area contributed by atoms with E-state index >= 15 is 0 Å². The number of fused-ring (bicyclic) bond motifs is 1. The van der Waals surface area contributed by atoms with E-state index in [0.29, 0.717) is 25.0 Å². The van der Waals surface area contributed by atoms with Crippen LogP contribution in [0, 0.1) is 5.92 Å². The average Bonchev–Trinajstić information content (AvgIpc) is 2.90. The molecule has 0 spiro atoms. The van der Waals surface area contributed by atoms with Crippen molar-refractivity contribution in [3.8, 4) is 0 Å². The van der Waals surface area contributed by atoms with Crippen LogP contribution in [-0.2, 0) is 6.42 Å². The molecule has 2 aromatic rings. The van der Waals surface area contributed by atoms with Gasteiger partial charge in [0.2, 0.25) is 0 Å². The molecule has 1 atom stereocenters. The highest BCUT2D eigenvalue weighted by Crippen LogP contribution is 2.33. The van der Waals surface area contributed by atoms with Gasteiger partial charge >= 0.3 is 0 Å². The van der Waals surface area contributed by atoms with Gasteiger partial charge < -0.3 is 15.9 Å². The summed E-state index contributed by atoms with van der Waals surface area (Å²) in [6, 6.07) is 4.36. The smallest absolute Gasteiger partial charge is 0.0927 e. The molecule has 1 saturated carbocycles. The van der Waals surface area contributed by atoms with Gasteiger partial charge in [0.15, 0.2) is 0 Å². The predicted octanol–water partition coefficient (Wildman–Crippen LogP) is 2.27. The molecule has 0 amide bonds. The Morgan fingerprint density at radius 2 is 2.05 bits per heavy atom. The average molecular weight is 303 g/mol. The molecule has 1 aromatic heterocycles. The first kappa shape index (κ1) is 15.3. The third-order valence-electron chi connectivity index (χ3n) is 4.75. The van der Waals surface area contributed by atoms with Crippen LogP contribution in [0.4, 0.5) is 5.69 Å². The van der Waals surface area contributed by atoms with Crippen LogP contribution < -0.4 is 5.73 Å². The Bertz CT molecular complexity index is 643. The lowest BCUT2D eigenvalue weighted by Crippen LogP contribution is -2.20. The van der Waals surface area contributed by atoms with Crippen molar-refractivity contribution in [1.82, 2.24) is 9.78 Å². The molecule has 4 N–H and O–H groups in total. The lowest BCUT2D eigenvalue weighted by molar-refractivity contribution is 0.165. The molecule has 1 aliphatic rings. The predicted molar refractivity (Wildman–Crippen MR) is 87.6 cm³/mol. The summed E-state index contributed by atoms with van der Waals surface area (Å²) in [6.45, 7) is 2.06. The van der Waals surface area contributed by atoms with Crippen molar-refractivity contribution in [3.05, 3.63) is 23.9 Å². The lowest BCUT2D eigenvalue weighted by atomic mass is 9.87. The second kappa shape index (κ2) is 6.26. The second-order valence-corrected chi connectivity index (χ2v) is 6.63. The molecular weight excluding hydrogens is 278 g/mol. The van der Waals surface area contributed by atoms with Crippen molar-refractivity contribution in [2.24, 2.45) is 5.92 Å². The van der Waals surface area contributed by atoms with E-state index < -0.39 is 6.10 Å². The van der Waals surface area contributed by atoms with Crippen LogP contribution >= 0.6 is 0 Å². The van der Waals surface area contributed by atoms with Gasteiger partial charge in [0.05, 0.1) is 17.7 Å². The molecule has 1 fully saturated rings. The van der Waals surface area contributed by atoms with Gasteiger partial charge in [0, 0.05) is 30.3 Å². The summed E-state index contributed by atoms with van der Waals surface area (Å²) >= 11 is 0. The quantitative estimate of drug-likeness (QED) is 0.756. The van der Waals surface area contributed by atoms with Gasteiger partial charge in [0.25, 0.3) is 0 Å². The number of hydrogen-bond donors (Lipinski definition) is 3. The molecule has 0 bridgehead atoms. The van der Waals surface area contributed by atoms with E-state index in [1.807, 2.05) is 12.1 Å². The van der Waals surface area contributed by atoms with Crippen molar-refractivity contribution < 1.29 is 10.2 Å². The van der Waals surface area contributed by atoms with Crippen molar-refractivity contribution in [2.75, 3.05) is 12.3 Å². The zero-order valence-corrected chi connectivity index (χ0v) is 13.1. The highest BCUT2D eigenvalue weighted by molar-refractivity contribution is 5.83. The molecule has 22 heavy (non-hydrogen) atoms. The van der Waals surface area contributed by atoms with Gasteiger partial charge in [0.1, 0.15) is 0 Å². The Balaban J connectivity index is 1.84. The number of hydrogen-bond acceptors (Lipinski definition) is 4. The van der Waals surface area contributed by atoms with E-state index in [1.54, 1.807) is 6.92 Å². The maximum absolute atomic E-state index is 9.56. The molecule has 1 heterocycles. The van der Waals surface area contributed by atoms with Crippen LogP contribution in [0.15, 0.2) is 18.3 Å². The molecule has 5 nitrogen and oxygen atoms in total. The van der Waals surface area contributed by atoms with Gasteiger partial charge in [-0.25, -0.2) is 0 Å². The van der Waals surface area contributed by atoms with Crippen molar-refractivity contribution in [3.63, 3.8) is 0 Å². The third kappa shape index (κ3) is 3.10. The number of nitrogens with two attached hydrogens (primary N) is 1. The minimum absolute atomic E-state index is 0.299. The number of aliphatic hydroxyl groups excluding tert-OH is 2. The fourth-order valence-electron chi connectivity index (χ4n) is 3.43. The topological polar surface area (TPSA) is 84.3 Å². The van der Waals surface area contributed by atoms with Crippen LogP contribution in [-0.4, -0.2) is 32.7 Å². The van der Waals surface area contributed by atoms with Gasteiger partial charge in [-0.05, 0) is 56.2 Å². The molecule has 0 radical (unpaired) electrons. The van der Waals surface area contributed by atoms with E-state index in [2.05, 4.69) is 10.9 Å². The maximum Gasteiger partial charge on any atom is 0.0927 e. The summed E-state index contributed by atoms with van der Waals surface area (Å²) in [4.78, 5) is 0. The second-order valence-electron chi connectivity index (χ2n) is 6.63. The first-order valence-corrected chi connectivity index (χ1v) is 8.13. The first-order chi connectivity index (χ1) is 10.6. The molecule has 1 aromatic carbocycles. The Labute approximate surface area is 130 Å². The Morgan fingerprint density at radius 1 is 1.32 bits per heavy atom. The monoisotopic (exact) mass is 303 g/mol. The minimum Gasteiger partial charge on any atom is -0.398 e. The van der Waals surface area contributed by atoms with Crippen LogP contribution in [0.2, 0.25) is 0 Å². The van der Waals surface area contributed by atoms with Crippen LogP contribution in [0.25, 0.3) is 10.9 Å². The van der Waals surface area contributed by atoms with Gasteiger partial charge in [-0.15, -0.1) is 0 Å². The highest BCUT2D eigenvalue weighted by atomic mass is 16.3. The molecule has 5 heteroatoms. The Hall–Kier alpha value is -1.59. The number of nitrogen functional groups attached to an aromatic ring is 1.